The van der Waals surface area contributed by atoms with Crippen molar-refractivity contribution < 1.29 is 23.5 Å². The fraction of sp³-hybridized carbons (Fsp3) is 0.310. The van der Waals surface area contributed by atoms with Gasteiger partial charge in [-0.05, 0) is 73.2 Å². The quantitative estimate of drug-likeness (QED) is 0.280. The summed E-state index contributed by atoms with van der Waals surface area (Å²) < 4.78 is 25.2. The molecule has 0 amide bonds. The summed E-state index contributed by atoms with van der Waals surface area (Å²) >= 11 is 0. The first-order chi connectivity index (χ1) is 17.3. The Morgan fingerprint density at radius 2 is 1.71 bits per heavy atom. The maximum atomic E-state index is 5.83. The molecule has 0 aliphatic carbocycles. The summed E-state index contributed by atoms with van der Waals surface area (Å²) in [5.74, 6) is 3.22. The number of ether oxygens (including phenoxy) is 4. The van der Waals surface area contributed by atoms with Gasteiger partial charge in [-0.15, -0.1) is 0 Å². The van der Waals surface area contributed by atoms with E-state index in [4.69, 9.17) is 18.9 Å². The second-order valence-electron chi connectivity index (χ2n) is 9.09. The van der Waals surface area contributed by atoms with Crippen molar-refractivity contribution in [3.05, 3.63) is 71.7 Å². The number of unbranched alkanes of at least 4 members (excludes halogenated alkanes) is 1. The fourth-order valence-corrected chi connectivity index (χ4v) is 5.44. The van der Waals surface area contributed by atoms with Crippen LogP contribution in [0.1, 0.15) is 29.5 Å². The number of nitrogens with zero attached hydrogens (tertiary/aromatic N) is 2. The number of rotatable bonds is 7. The van der Waals surface area contributed by atoms with Crippen molar-refractivity contribution in [1.82, 2.24) is 4.98 Å². The monoisotopic (exact) mass is 469 g/mol. The van der Waals surface area contributed by atoms with E-state index in [-0.39, 0.29) is 6.79 Å². The molecule has 6 heteroatoms. The molecule has 178 valence electrons. The van der Waals surface area contributed by atoms with Crippen LogP contribution in [0.4, 0.5) is 0 Å². The van der Waals surface area contributed by atoms with E-state index in [0.717, 1.165) is 67.0 Å². The van der Waals surface area contributed by atoms with Crippen molar-refractivity contribution in [2.45, 2.75) is 38.6 Å². The largest absolute Gasteiger partial charge is 0.493 e. The van der Waals surface area contributed by atoms with Gasteiger partial charge in [-0.1, -0.05) is 0 Å². The number of aryl methyl sites for hydroxylation is 4. The Bertz CT molecular complexity index is 1400. The van der Waals surface area contributed by atoms with Gasteiger partial charge in [-0.25, -0.2) is 0 Å². The molecule has 0 radical (unpaired) electrons. The minimum atomic E-state index is 0.287. The molecule has 6 nitrogen and oxygen atoms in total. The summed E-state index contributed by atoms with van der Waals surface area (Å²) in [6, 6.07) is 12.7. The Kier molecular flexibility index (Phi) is 5.64. The lowest BCUT2D eigenvalue weighted by Gasteiger charge is -2.21. The highest BCUT2D eigenvalue weighted by Crippen LogP contribution is 2.43. The normalized spacial score (nSPS) is 13.4. The molecular formula is C29H29N2O4+. The van der Waals surface area contributed by atoms with Crippen LogP contribution in [0.15, 0.2) is 55.0 Å². The van der Waals surface area contributed by atoms with E-state index in [2.05, 4.69) is 46.1 Å². The lowest BCUT2D eigenvalue weighted by molar-refractivity contribution is -0.686. The summed E-state index contributed by atoms with van der Waals surface area (Å²) in [6.07, 6.45) is 11.1. The molecule has 0 unspecified atom stereocenters. The first kappa shape index (κ1) is 21.7. The van der Waals surface area contributed by atoms with Gasteiger partial charge in [0.25, 0.3) is 0 Å². The van der Waals surface area contributed by atoms with Crippen molar-refractivity contribution in [2.24, 2.45) is 0 Å². The summed E-state index contributed by atoms with van der Waals surface area (Å²) in [6.45, 7) is 1.19. The fourth-order valence-electron chi connectivity index (χ4n) is 5.44. The zero-order valence-corrected chi connectivity index (χ0v) is 20.2. The third-order valence-corrected chi connectivity index (χ3v) is 7.13. The molecule has 4 heterocycles. The van der Waals surface area contributed by atoms with Gasteiger partial charge in [0.2, 0.25) is 12.5 Å². The highest BCUT2D eigenvalue weighted by Gasteiger charge is 2.32. The Hall–Kier alpha value is -3.80. The van der Waals surface area contributed by atoms with Gasteiger partial charge in [0.15, 0.2) is 35.7 Å². The van der Waals surface area contributed by atoms with Crippen LogP contribution in [-0.4, -0.2) is 26.0 Å². The van der Waals surface area contributed by atoms with Crippen LogP contribution in [0.3, 0.4) is 0 Å². The number of fused-ring (bicyclic) bond motifs is 5. The maximum absolute atomic E-state index is 5.83. The van der Waals surface area contributed by atoms with Crippen LogP contribution in [0, 0.1) is 0 Å². The van der Waals surface area contributed by atoms with Crippen LogP contribution in [0.25, 0.3) is 22.0 Å². The molecule has 0 N–H and O–H groups in total. The van der Waals surface area contributed by atoms with Crippen molar-refractivity contribution in [1.29, 1.82) is 0 Å². The van der Waals surface area contributed by atoms with Crippen LogP contribution in [0.5, 0.6) is 23.0 Å². The van der Waals surface area contributed by atoms with E-state index in [9.17, 15) is 0 Å². The number of methoxy groups -OCH3 is 2. The summed E-state index contributed by atoms with van der Waals surface area (Å²) in [4.78, 5) is 4.14. The average Bonchev–Trinajstić information content (AvgIpc) is 3.36. The highest BCUT2D eigenvalue weighted by molar-refractivity contribution is 5.95. The van der Waals surface area contributed by atoms with Crippen molar-refractivity contribution in [2.75, 3.05) is 21.0 Å². The van der Waals surface area contributed by atoms with Crippen molar-refractivity contribution in [3.63, 3.8) is 0 Å². The summed E-state index contributed by atoms with van der Waals surface area (Å²) in [5.41, 5.74) is 6.50. The molecule has 6 rings (SSSR count). The molecule has 2 aromatic heterocycles. The number of benzene rings is 2. The van der Waals surface area contributed by atoms with Gasteiger partial charge in [0.05, 0.1) is 25.2 Å². The number of pyridine rings is 2. The first-order valence-corrected chi connectivity index (χ1v) is 12.2. The zero-order valence-electron chi connectivity index (χ0n) is 20.2. The predicted octanol–water partition coefficient (Wildman–Crippen LogP) is 5.06. The molecule has 0 spiro atoms. The van der Waals surface area contributed by atoms with Gasteiger partial charge in [-0.2, -0.15) is 4.57 Å². The molecule has 2 aliphatic heterocycles. The minimum Gasteiger partial charge on any atom is -0.493 e. The van der Waals surface area contributed by atoms with Gasteiger partial charge in [0.1, 0.15) is 0 Å². The predicted molar refractivity (Wildman–Crippen MR) is 133 cm³/mol. The SMILES string of the molecule is COc1ccc2c(CCCCc3ccncc3)c3[n+](cc2c1OC)CCc1cc2c(cc1-3)OCO2. The molecule has 0 atom stereocenters. The second-order valence-corrected chi connectivity index (χ2v) is 9.09. The first-order valence-electron chi connectivity index (χ1n) is 12.2. The van der Waals surface area contributed by atoms with Gasteiger partial charge >= 0.3 is 0 Å². The lowest BCUT2D eigenvalue weighted by atomic mass is 9.89. The Labute approximate surface area is 205 Å². The van der Waals surface area contributed by atoms with Crippen LogP contribution in [-0.2, 0) is 25.8 Å². The van der Waals surface area contributed by atoms with Gasteiger partial charge in [-0.3, -0.25) is 4.98 Å². The van der Waals surface area contributed by atoms with Gasteiger partial charge < -0.3 is 18.9 Å². The van der Waals surface area contributed by atoms with Crippen LogP contribution >= 0.6 is 0 Å². The molecule has 35 heavy (non-hydrogen) atoms. The molecule has 2 aliphatic rings. The van der Waals surface area contributed by atoms with Crippen LogP contribution < -0.4 is 23.5 Å². The van der Waals surface area contributed by atoms with Crippen LogP contribution in [0.2, 0.25) is 0 Å². The third-order valence-electron chi connectivity index (χ3n) is 7.13. The molecule has 0 saturated carbocycles. The Morgan fingerprint density at radius 1 is 0.914 bits per heavy atom. The lowest BCUT2D eigenvalue weighted by Crippen LogP contribution is -2.41. The third kappa shape index (κ3) is 3.83. The highest BCUT2D eigenvalue weighted by atomic mass is 16.7. The molecule has 0 fully saturated rings. The molecule has 0 saturated heterocycles. The zero-order chi connectivity index (χ0) is 23.8. The summed E-state index contributed by atoms with van der Waals surface area (Å²) in [5, 5.41) is 2.30. The van der Waals surface area contributed by atoms with Crippen molar-refractivity contribution in [3.8, 4) is 34.3 Å². The Balaban J connectivity index is 1.46. The Morgan fingerprint density at radius 3 is 2.51 bits per heavy atom. The number of hydrogen-bond donors (Lipinski definition) is 0. The summed E-state index contributed by atoms with van der Waals surface area (Å²) in [7, 11) is 3.40. The van der Waals surface area contributed by atoms with E-state index in [1.807, 2.05) is 18.5 Å². The average molecular weight is 470 g/mol. The maximum Gasteiger partial charge on any atom is 0.231 e. The molecule has 4 aromatic rings. The number of aromatic nitrogens is 2. The van der Waals surface area contributed by atoms with E-state index in [1.54, 1.807) is 14.2 Å². The topological polar surface area (TPSA) is 53.7 Å². The minimum absolute atomic E-state index is 0.287. The van der Waals surface area contributed by atoms with E-state index >= 15 is 0 Å². The van der Waals surface area contributed by atoms with E-state index < -0.39 is 0 Å². The second kappa shape index (κ2) is 9.10. The van der Waals surface area contributed by atoms with Gasteiger partial charge in [0, 0.05) is 29.8 Å². The van der Waals surface area contributed by atoms with Crippen molar-refractivity contribution >= 4 is 10.8 Å². The van der Waals surface area contributed by atoms with E-state index in [0.29, 0.717) is 0 Å². The molecule has 2 aromatic carbocycles. The smallest absolute Gasteiger partial charge is 0.231 e. The van der Waals surface area contributed by atoms with E-state index in [1.165, 1.54) is 33.3 Å². The number of hydrogen-bond acceptors (Lipinski definition) is 5. The molecular weight excluding hydrogens is 440 g/mol. The standard InChI is InChI=1S/C29H29N2O4/c1-32-25-8-7-21-22(6-4-3-5-19-9-12-30-13-10-19)28-23-16-27-26(34-18-35-27)15-20(23)11-14-31(28)17-24(21)29(25)33-2/h7-10,12-13,15-17H,3-6,11,14,18H2,1-2H3/q+1. The molecule has 0 bridgehead atoms.